The van der Waals surface area contributed by atoms with Crippen molar-refractivity contribution in [1.29, 1.82) is 0 Å². The van der Waals surface area contributed by atoms with Gasteiger partial charge in [-0.25, -0.2) is 0 Å². The highest BCUT2D eigenvalue weighted by Gasteiger charge is 1.90. The average molecular weight is 136 g/mol. The van der Waals surface area contributed by atoms with Gasteiger partial charge in [0.15, 0.2) is 0 Å². The molecule has 0 aliphatic heterocycles. The Morgan fingerprint density at radius 3 is 2.75 bits per heavy atom. The van der Waals surface area contributed by atoms with E-state index in [4.69, 9.17) is 0 Å². The lowest BCUT2D eigenvalue weighted by Crippen LogP contribution is -1.94. The van der Waals surface area contributed by atoms with Gasteiger partial charge in [0.2, 0.25) is 0 Å². The second-order valence-corrected chi connectivity index (χ2v) is 2.55. The van der Waals surface area contributed by atoms with Crippen molar-refractivity contribution < 1.29 is 9.18 Å². The molecule has 0 unspecified atom stereocenters. The van der Waals surface area contributed by atoms with Crippen LogP contribution in [0.5, 0.6) is 0 Å². The summed E-state index contributed by atoms with van der Waals surface area (Å²) in [5.74, 6) is 1.01. The molecule has 0 heterocycles. The van der Waals surface area contributed by atoms with Crippen molar-refractivity contribution in [2.75, 3.05) is 18.2 Å². The highest BCUT2D eigenvalue weighted by atomic mass is 32.2. The number of hydrogen-bond acceptors (Lipinski definition) is 2. The number of rotatable bonds is 4. The van der Waals surface area contributed by atoms with Gasteiger partial charge in [0.05, 0.1) is 12.4 Å². The molecular formula is C5H9FOS. The van der Waals surface area contributed by atoms with Crippen LogP contribution in [0.25, 0.3) is 0 Å². The topological polar surface area (TPSA) is 17.1 Å². The third kappa shape index (κ3) is 5.95. The third-order valence-corrected chi connectivity index (χ3v) is 1.58. The molecule has 0 rings (SSSR count). The Hall–Kier alpha value is -0.0500. The first-order chi connectivity index (χ1) is 3.77. The van der Waals surface area contributed by atoms with Gasteiger partial charge in [0.25, 0.3) is 0 Å². The Labute approximate surface area is 52.6 Å². The van der Waals surface area contributed by atoms with Gasteiger partial charge in [-0.15, -0.1) is 0 Å². The molecule has 0 aliphatic rings. The first-order valence-electron chi connectivity index (χ1n) is 2.40. The van der Waals surface area contributed by atoms with E-state index in [1.807, 2.05) is 0 Å². The molecule has 0 bridgehead atoms. The summed E-state index contributed by atoms with van der Waals surface area (Å²) in [5.41, 5.74) is 0. The van der Waals surface area contributed by atoms with Crippen LogP contribution in [-0.4, -0.2) is 24.0 Å². The number of ketones is 1. The summed E-state index contributed by atoms with van der Waals surface area (Å²) >= 11 is 1.34. The fraction of sp³-hybridized carbons (Fsp3) is 0.800. The molecule has 0 saturated carbocycles. The second-order valence-electron chi connectivity index (χ2n) is 1.44. The molecule has 0 spiro atoms. The Morgan fingerprint density at radius 1 is 1.75 bits per heavy atom. The zero-order chi connectivity index (χ0) is 6.41. The summed E-state index contributed by atoms with van der Waals surface area (Å²) in [6.45, 7) is 1.17. The molecule has 0 fully saturated rings. The molecule has 0 aromatic heterocycles. The molecule has 0 atom stereocenters. The average Bonchev–Trinajstić information content (AvgIpc) is 1.66. The van der Waals surface area contributed by atoms with Crippen molar-refractivity contribution in [3.63, 3.8) is 0 Å². The molecule has 48 valence electrons. The predicted molar refractivity (Wildman–Crippen MR) is 34.0 cm³/mol. The van der Waals surface area contributed by atoms with E-state index in [9.17, 15) is 9.18 Å². The molecule has 0 radical (unpaired) electrons. The maximum Gasteiger partial charge on any atom is 0.139 e. The Bertz CT molecular complexity index is 74.8. The van der Waals surface area contributed by atoms with E-state index in [-0.39, 0.29) is 12.5 Å². The van der Waals surface area contributed by atoms with Gasteiger partial charge < -0.3 is 0 Å². The van der Waals surface area contributed by atoms with E-state index in [1.165, 1.54) is 18.7 Å². The highest BCUT2D eigenvalue weighted by molar-refractivity contribution is 7.99. The van der Waals surface area contributed by atoms with Crippen molar-refractivity contribution in [1.82, 2.24) is 0 Å². The van der Waals surface area contributed by atoms with Gasteiger partial charge in [-0.3, -0.25) is 9.18 Å². The smallest absolute Gasteiger partial charge is 0.139 e. The Balaban J connectivity index is 2.82. The second kappa shape index (κ2) is 5.09. The number of thioether (sulfide) groups is 1. The molecule has 8 heavy (non-hydrogen) atoms. The van der Waals surface area contributed by atoms with Crippen LogP contribution in [0.3, 0.4) is 0 Å². The molecule has 0 aliphatic carbocycles. The van der Waals surface area contributed by atoms with Crippen LogP contribution >= 0.6 is 11.8 Å². The quantitative estimate of drug-likeness (QED) is 0.541. The standard InChI is InChI=1S/C5H9FOS/c1-5(7)4-8-3-2-6/h2-4H2,1H3. The molecule has 0 aromatic rings. The summed E-state index contributed by atoms with van der Waals surface area (Å²) in [6, 6.07) is 0. The van der Waals surface area contributed by atoms with Crippen LogP contribution in [0.2, 0.25) is 0 Å². The maximum absolute atomic E-state index is 11.3. The number of alkyl halides is 1. The van der Waals surface area contributed by atoms with E-state index in [0.29, 0.717) is 11.5 Å². The van der Waals surface area contributed by atoms with Gasteiger partial charge in [-0.2, -0.15) is 11.8 Å². The molecule has 0 amide bonds. The van der Waals surface area contributed by atoms with Crippen molar-refractivity contribution in [3.8, 4) is 0 Å². The third-order valence-electron chi connectivity index (χ3n) is 0.527. The molecule has 0 saturated heterocycles. The zero-order valence-corrected chi connectivity index (χ0v) is 5.63. The van der Waals surface area contributed by atoms with Gasteiger partial charge in [-0.05, 0) is 6.92 Å². The Kier molecular flexibility index (Phi) is 5.06. The normalized spacial score (nSPS) is 9.25. The van der Waals surface area contributed by atoms with Gasteiger partial charge in [0, 0.05) is 5.75 Å². The summed E-state index contributed by atoms with van der Waals surface area (Å²) in [6.07, 6.45) is 0. The number of halogens is 1. The SMILES string of the molecule is CC(=O)CSCCF. The summed E-state index contributed by atoms with van der Waals surface area (Å²) in [7, 11) is 0. The van der Waals surface area contributed by atoms with Crippen molar-refractivity contribution in [2.45, 2.75) is 6.92 Å². The minimum atomic E-state index is -0.335. The highest BCUT2D eigenvalue weighted by Crippen LogP contribution is 1.98. The molecular weight excluding hydrogens is 127 g/mol. The fourth-order valence-electron chi connectivity index (χ4n) is 0.270. The predicted octanol–water partition coefficient (Wildman–Crippen LogP) is 1.28. The lowest BCUT2D eigenvalue weighted by atomic mass is 10.5. The van der Waals surface area contributed by atoms with Gasteiger partial charge in [-0.1, -0.05) is 0 Å². The van der Waals surface area contributed by atoms with Crippen LogP contribution in [0.4, 0.5) is 4.39 Å². The van der Waals surface area contributed by atoms with Crippen molar-refractivity contribution in [2.24, 2.45) is 0 Å². The molecule has 3 heteroatoms. The van der Waals surface area contributed by atoms with Crippen LogP contribution in [0, 0.1) is 0 Å². The van der Waals surface area contributed by atoms with Crippen molar-refractivity contribution in [3.05, 3.63) is 0 Å². The lowest BCUT2D eigenvalue weighted by Gasteiger charge is -1.89. The van der Waals surface area contributed by atoms with Gasteiger partial charge >= 0.3 is 0 Å². The van der Waals surface area contributed by atoms with Crippen LogP contribution in [0.1, 0.15) is 6.92 Å². The molecule has 0 aromatic carbocycles. The minimum Gasteiger partial charge on any atom is -0.299 e. The minimum absolute atomic E-state index is 0.114. The van der Waals surface area contributed by atoms with Crippen LogP contribution < -0.4 is 0 Å². The maximum atomic E-state index is 11.3. The first-order valence-corrected chi connectivity index (χ1v) is 3.56. The number of carbonyl (C=O) groups excluding carboxylic acids is 1. The van der Waals surface area contributed by atoms with Gasteiger partial charge in [0.1, 0.15) is 5.78 Å². The zero-order valence-electron chi connectivity index (χ0n) is 4.82. The molecule has 1 nitrogen and oxygen atoms in total. The summed E-state index contributed by atoms with van der Waals surface area (Å²) < 4.78 is 11.3. The largest absolute Gasteiger partial charge is 0.299 e. The fourth-order valence-corrected chi connectivity index (χ4v) is 0.811. The van der Waals surface area contributed by atoms with Crippen LogP contribution in [-0.2, 0) is 4.79 Å². The van der Waals surface area contributed by atoms with Crippen molar-refractivity contribution >= 4 is 17.5 Å². The number of Topliss-reactive ketones (excluding diaryl/α,β-unsaturated/α-hetero) is 1. The number of carbonyl (C=O) groups is 1. The monoisotopic (exact) mass is 136 g/mol. The summed E-state index contributed by atoms with van der Waals surface area (Å²) in [4.78, 5) is 10.2. The number of hydrogen-bond donors (Lipinski definition) is 0. The Morgan fingerprint density at radius 2 is 2.38 bits per heavy atom. The summed E-state index contributed by atoms with van der Waals surface area (Å²) in [5, 5.41) is 0. The van der Waals surface area contributed by atoms with E-state index in [0.717, 1.165) is 0 Å². The molecule has 0 N–H and O–H groups in total. The lowest BCUT2D eigenvalue weighted by molar-refractivity contribution is -0.114. The van der Waals surface area contributed by atoms with E-state index in [1.54, 1.807) is 0 Å². The van der Waals surface area contributed by atoms with E-state index in [2.05, 4.69) is 0 Å². The first kappa shape index (κ1) is 7.95. The van der Waals surface area contributed by atoms with Crippen LogP contribution in [0.15, 0.2) is 0 Å². The van der Waals surface area contributed by atoms with E-state index >= 15 is 0 Å². The van der Waals surface area contributed by atoms with E-state index < -0.39 is 0 Å².